The van der Waals surface area contributed by atoms with Gasteiger partial charge in [0.1, 0.15) is 0 Å². The number of methoxy groups -OCH3 is 1. The lowest BCUT2D eigenvalue weighted by Crippen LogP contribution is -2.57. The van der Waals surface area contributed by atoms with Crippen LogP contribution in [0.1, 0.15) is 47.5 Å². The third kappa shape index (κ3) is 4.52. The summed E-state index contributed by atoms with van der Waals surface area (Å²) in [6, 6.07) is 1.29. The third-order valence-electron chi connectivity index (χ3n) is 4.61. The van der Waals surface area contributed by atoms with Gasteiger partial charge in [0, 0.05) is 38.8 Å². The fourth-order valence-electron chi connectivity index (χ4n) is 2.44. The van der Waals surface area contributed by atoms with Crippen molar-refractivity contribution in [2.75, 3.05) is 26.7 Å². The van der Waals surface area contributed by atoms with Gasteiger partial charge in [-0.3, -0.25) is 4.90 Å². The summed E-state index contributed by atoms with van der Waals surface area (Å²) in [6.45, 7) is 14.7. The van der Waals surface area contributed by atoms with Crippen molar-refractivity contribution in [3.63, 3.8) is 0 Å². The van der Waals surface area contributed by atoms with Crippen LogP contribution in [-0.2, 0) is 4.74 Å². The van der Waals surface area contributed by atoms with Gasteiger partial charge in [-0.05, 0) is 33.1 Å². The van der Waals surface area contributed by atoms with E-state index < -0.39 is 0 Å². The first kappa shape index (κ1) is 15.9. The molecule has 1 rings (SSSR count). The highest BCUT2D eigenvalue weighted by atomic mass is 16.5. The van der Waals surface area contributed by atoms with Crippen LogP contribution in [0, 0.1) is 5.92 Å². The highest BCUT2D eigenvalue weighted by molar-refractivity contribution is 4.87. The Morgan fingerprint density at radius 2 is 2.11 bits per heavy atom. The van der Waals surface area contributed by atoms with Crippen molar-refractivity contribution in [1.29, 1.82) is 0 Å². The van der Waals surface area contributed by atoms with Crippen molar-refractivity contribution in [3.8, 4) is 0 Å². The molecule has 1 aliphatic rings. The Balaban J connectivity index is 2.47. The molecular weight excluding hydrogens is 224 g/mol. The van der Waals surface area contributed by atoms with Gasteiger partial charge in [-0.1, -0.05) is 20.3 Å². The van der Waals surface area contributed by atoms with E-state index in [4.69, 9.17) is 4.74 Å². The minimum absolute atomic E-state index is 0.00351. The number of piperazine rings is 1. The van der Waals surface area contributed by atoms with Crippen LogP contribution in [0.15, 0.2) is 0 Å². The average molecular weight is 256 g/mol. The third-order valence-corrected chi connectivity index (χ3v) is 4.61. The SMILES string of the molecule is CCC(C)C1CN(CCC(C)(C)OC)C(C)CN1. The number of rotatable bonds is 6. The molecule has 0 amide bonds. The smallest absolute Gasteiger partial charge is 0.0634 e. The number of nitrogens with one attached hydrogen (secondary N) is 1. The maximum atomic E-state index is 5.52. The van der Waals surface area contributed by atoms with Gasteiger partial charge < -0.3 is 10.1 Å². The Morgan fingerprint density at radius 3 is 2.67 bits per heavy atom. The zero-order valence-corrected chi connectivity index (χ0v) is 13.1. The molecular formula is C15H32N2O. The zero-order chi connectivity index (χ0) is 13.8. The zero-order valence-electron chi connectivity index (χ0n) is 13.1. The van der Waals surface area contributed by atoms with Crippen LogP contribution in [0.25, 0.3) is 0 Å². The number of hydrogen-bond acceptors (Lipinski definition) is 3. The monoisotopic (exact) mass is 256 g/mol. The van der Waals surface area contributed by atoms with Gasteiger partial charge in [0.05, 0.1) is 5.60 Å². The summed E-state index contributed by atoms with van der Waals surface area (Å²) >= 11 is 0. The molecule has 3 nitrogen and oxygen atoms in total. The van der Waals surface area contributed by atoms with E-state index in [2.05, 4.69) is 44.8 Å². The Hall–Kier alpha value is -0.120. The molecule has 1 N–H and O–H groups in total. The summed E-state index contributed by atoms with van der Waals surface area (Å²) in [5.41, 5.74) is -0.00351. The van der Waals surface area contributed by atoms with Gasteiger partial charge in [0.2, 0.25) is 0 Å². The summed E-state index contributed by atoms with van der Waals surface area (Å²) < 4.78 is 5.52. The lowest BCUT2D eigenvalue weighted by atomic mass is 9.95. The van der Waals surface area contributed by atoms with Crippen LogP contribution in [0.4, 0.5) is 0 Å². The second-order valence-corrected chi connectivity index (χ2v) is 6.46. The lowest BCUT2D eigenvalue weighted by molar-refractivity contribution is -0.000496. The first-order chi connectivity index (χ1) is 8.39. The molecule has 0 spiro atoms. The van der Waals surface area contributed by atoms with E-state index >= 15 is 0 Å². The second-order valence-electron chi connectivity index (χ2n) is 6.46. The summed E-state index contributed by atoms with van der Waals surface area (Å²) in [6.07, 6.45) is 2.35. The predicted molar refractivity (Wildman–Crippen MR) is 78.0 cm³/mol. The van der Waals surface area contributed by atoms with Gasteiger partial charge in [-0.2, -0.15) is 0 Å². The highest BCUT2D eigenvalue weighted by Gasteiger charge is 2.28. The summed E-state index contributed by atoms with van der Waals surface area (Å²) in [5, 5.41) is 3.69. The van der Waals surface area contributed by atoms with Crippen molar-refractivity contribution >= 4 is 0 Å². The standard InChI is InChI=1S/C15H32N2O/c1-7-12(2)14-11-17(13(3)10-16-14)9-8-15(4,5)18-6/h12-14,16H,7-11H2,1-6H3. The predicted octanol–water partition coefficient (Wildman–Crippen LogP) is 2.51. The molecule has 0 aromatic carbocycles. The molecule has 3 atom stereocenters. The van der Waals surface area contributed by atoms with E-state index in [9.17, 15) is 0 Å². The fourth-order valence-corrected chi connectivity index (χ4v) is 2.44. The normalized spacial score (nSPS) is 28.3. The van der Waals surface area contributed by atoms with Crippen molar-refractivity contribution in [2.24, 2.45) is 5.92 Å². The largest absolute Gasteiger partial charge is 0.379 e. The molecule has 0 bridgehead atoms. The second kappa shape index (κ2) is 6.88. The number of hydrogen-bond donors (Lipinski definition) is 1. The van der Waals surface area contributed by atoms with Gasteiger partial charge in [0.25, 0.3) is 0 Å². The van der Waals surface area contributed by atoms with Crippen LogP contribution in [0.5, 0.6) is 0 Å². The van der Waals surface area contributed by atoms with Crippen molar-refractivity contribution in [3.05, 3.63) is 0 Å². The van der Waals surface area contributed by atoms with E-state index in [0.717, 1.165) is 25.4 Å². The van der Waals surface area contributed by atoms with Gasteiger partial charge >= 0.3 is 0 Å². The summed E-state index contributed by atoms with van der Waals surface area (Å²) in [7, 11) is 1.81. The number of nitrogens with zero attached hydrogens (tertiary/aromatic N) is 1. The maximum Gasteiger partial charge on any atom is 0.0634 e. The van der Waals surface area contributed by atoms with E-state index in [-0.39, 0.29) is 5.60 Å². The van der Waals surface area contributed by atoms with Crippen molar-refractivity contribution in [1.82, 2.24) is 10.2 Å². The van der Waals surface area contributed by atoms with E-state index in [1.54, 1.807) is 0 Å². The van der Waals surface area contributed by atoms with E-state index in [0.29, 0.717) is 12.1 Å². The molecule has 18 heavy (non-hydrogen) atoms. The molecule has 0 radical (unpaired) electrons. The molecule has 0 aromatic rings. The van der Waals surface area contributed by atoms with Crippen LogP contribution < -0.4 is 5.32 Å². The molecule has 3 unspecified atom stereocenters. The highest BCUT2D eigenvalue weighted by Crippen LogP contribution is 2.19. The molecule has 0 aromatic heterocycles. The fraction of sp³-hybridized carbons (Fsp3) is 1.00. The first-order valence-electron chi connectivity index (χ1n) is 7.42. The summed E-state index contributed by atoms with van der Waals surface area (Å²) in [5.74, 6) is 0.760. The van der Waals surface area contributed by atoms with Crippen LogP contribution in [-0.4, -0.2) is 49.3 Å². The van der Waals surface area contributed by atoms with Gasteiger partial charge in [-0.15, -0.1) is 0 Å². The molecule has 1 fully saturated rings. The van der Waals surface area contributed by atoms with Crippen LogP contribution in [0.3, 0.4) is 0 Å². The van der Waals surface area contributed by atoms with Gasteiger partial charge in [-0.25, -0.2) is 0 Å². The molecule has 1 saturated heterocycles. The minimum atomic E-state index is -0.00351. The average Bonchev–Trinajstić information content (AvgIpc) is 2.37. The minimum Gasteiger partial charge on any atom is -0.379 e. The molecule has 1 heterocycles. The maximum absolute atomic E-state index is 5.52. The molecule has 3 heteroatoms. The Labute approximate surface area is 113 Å². The van der Waals surface area contributed by atoms with E-state index in [1.165, 1.54) is 13.0 Å². The topological polar surface area (TPSA) is 24.5 Å². The van der Waals surface area contributed by atoms with E-state index in [1.807, 2.05) is 7.11 Å². The van der Waals surface area contributed by atoms with Crippen LogP contribution >= 0.6 is 0 Å². The Bertz CT molecular complexity index is 243. The Morgan fingerprint density at radius 1 is 1.44 bits per heavy atom. The number of ether oxygens (including phenoxy) is 1. The Kier molecular flexibility index (Phi) is 6.09. The summed E-state index contributed by atoms with van der Waals surface area (Å²) in [4.78, 5) is 2.62. The van der Waals surface area contributed by atoms with Gasteiger partial charge in [0.15, 0.2) is 0 Å². The quantitative estimate of drug-likeness (QED) is 0.790. The first-order valence-corrected chi connectivity index (χ1v) is 7.42. The molecule has 0 saturated carbocycles. The van der Waals surface area contributed by atoms with Crippen LogP contribution in [0.2, 0.25) is 0 Å². The van der Waals surface area contributed by atoms with Crippen molar-refractivity contribution in [2.45, 2.75) is 65.1 Å². The molecule has 108 valence electrons. The molecule has 0 aliphatic carbocycles. The van der Waals surface area contributed by atoms with Crippen molar-refractivity contribution < 1.29 is 4.74 Å². The lowest BCUT2D eigenvalue weighted by Gasteiger charge is -2.42. The molecule has 1 aliphatic heterocycles.